The molecular weight excluding hydrogens is 273 g/mol. The van der Waals surface area contributed by atoms with Gasteiger partial charge in [-0.3, -0.25) is 9.32 Å². The number of carbonyl (C=O) groups is 1. The summed E-state index contributed by atoms with van der Waals surface area (Å²) in [6, 6.07) is -0.165. The van der Waals surface area contributed by atoms with E-state index in [1.807, 2.05) is 28.1 Å². The van der Waals surface area contributed by atoms with Gasteiger partial charge < -0.3 is 19.0 Å². The molecule has 1 unspecified atom stereocenters. The standard InChI is InChI=1S/C11H24NO6P/c1-5-6-11(13)17-8-7-10(12(2,3)4)9-18-19(14,15)16/h10H,5-9H2,1-4H3,(H-,14,15,16)/p+1. The maximum absolute atomic E-state index is 11.2. The first-order valence-electron chi connectivity index (χ1n) is 6.23. The second-order valence-corrected chi connectivity index (χ2v) is 6.55. The Kier molecular flexibility index (Phi) is 7.78. The first-order chi connectivity index (χ1) is 8.56. The third-order valence-electron chi connectivity index (χ3n) is 2.70. The molecule has 0 aliphatic rings. The van der Waals surface area contributed by atoms with Crippen LogP contribution in [0.25, 0.3) is 0 Å². The first-order valence-corrected chi connectivity index (χ1v) is 7.76. The molecule has 19 heavy (non-hydrogen) atoms. The quantitative estimate of drug-likeness (QED) is 0.373. The Hall–Kier alpha value is -0.460. The summed E-state index contributed by atoms with van der Waals surface area (Å²) >= 11 is 0. The molecule has 1 atom stereocenters. The van der Waals surface area contributed by atoms with E-state index in [1.165, 1.54) is 0 Å². The molecule has 0 saturated carbocycles. The monoisotopic (exact) mass is 298 g/mol. The number of esters is 1. The van der Waals surface area contributed by atoms with Crippen LogP contribution < -0.4 is 0 Å². The van der Waals surface area contributed by atoms with Gasteiger partial charge in [-0.2, -0.15) is 0 Å². The van der Waals surface area contributed by atoms with Gasteiger partial charge in [-0.1, -0.05) is 6.92 Å². The van der Waals surface area contributed by atoms with Gasteiger partial charge in [0.2, 0.25) is 0 Å². The summed E-state index contributed by atoms with van der Waals surface area (Å²) in [4.78, 5) is 28.6. The molecule has 0 rings (SSSR count). The summed E-state index contributed by atoms with van der Waals surface area (Å²) in [6.45, 7) is 2.03. The van der Waals surface area contributed by atoms with Crippen molar-refractivity contribution in [1.82, 2.24) is 0 Å². The second-order valence-electron chi connectivity index (χ2n) is 5.32. The highest BCUT2D eigenvalue weighted by Gasteiger charge is 2.27. The third kappa shape index (κ3) is 10.0. The molecule has 2 N–H and O–H groups in total. The Morgan fingerprint density at radius 1 is 1.32 bits per heavy atom. The van der Waals surface area contributed by atoms with Crippen LogP contribution >= 0.6 is 7.82 Å². The fourth-order valence-electron chi connectivity index (χ4n) is 1.46. The summed E-state index contributed by atoms with van der Waals surface area (Å²) < 4.78 is 20.7. The van der Waals surface area contributed by atoms with Gasteiger partial charge >= 0.3 is 13.8 Å². The number of nitrogens with zero attached hydrogens (tertiary/aromatic N) is 1. The first kappa shape index (κ1) is 18.5. The van der Waals surface area contributed by atoms with Crippen molar-refractivity contribution in [2.45, 2.75) is 32.2 Å². The lowest BCUT2D eigenvalue weighted by Gasteiger charge is -2.33. The van der Waals surface area contributed by atoms with Gasteiger partial charge in [-0.25, -0.2) is 4.57 Å². The van der Waals surface area contributed by atoms with E-state index < -0.39 is 7.82 Å². The van der Waals surface area contributed by atoms with Gasteiger partial charge in [0.15, 0.2) is 0 Å². The van der Waals surface area contributed by atoms with Crippen molar-refractivity contribution in [3.63, 3.8) is 0 Å². The lowest BCUT2D eigenvalue weighted by atomic mass is 10.2. The second kappa shape index (κ2) is 7.97. The normalized spacial score (nSPS) is 14.2. The van der Waals surface area contributed by atoms with E-state index in [0.29, 0.717) is 17.3 Å². The van der Waals surface area contributed by atoms with Crippen LogP contribution in [0.4, 0.5) is 0 Å². The number of phosphoric ester groups is 1. The number of hydrogen-bond donors (Lipinski definition) is 2. The van der Waals surface area contributed by atoms with E-state index in [1.54, 1.807) is 0 Å². The predicted octanol–water partition coefficient (Wildman–Crippen LogP) is 0.904. The van der Waals surface area contributed by atoms with Gasteiger partial charge in [0.25, 0.3) is 0 Å². The molecule has 0 heterocycles. The molecule has 0 aromatic heterocycles. The van der Waals surface area contributed by atoms with Crippen molar-refractivity contribution >= 4 is 13.8 Å². The van der Waals surface area contributed by atoms with Gasteiger partial charge in [0.05, 0.1) is 27.7 Å². The highest BCUT2D eigenvalue weighted by molar-refractivity contribution is 7.46. The van der Waals surface area contributed by atoms with E-state index in [9.17, 15) is 9.36 Å². The Labute approximate surface area is 114 Å². The van der Waals surface area contributed by atoms with Crippen molar-refractivity contribution in [3.05, 3.63) is 0 Å². The Bertz CT molecular complexity index is 322. The Balaban J connectivity index is 4.23. The molecule has 0 aliphatic carbocycles. The number of carbonyl (C=O) groups excluding carboxylic acids is 1. The molecule has 0 spiro atoms. The predicted molar refractivity (Wildman–Crippen MR) is 70.3 cm³/mol. The zero-order valence-electron chi connectivity index (χ0n) is 12.0. The lowest BCUT2D eigenvalue weighted by Crippen LogP contribution is -2.48. The SMILES string of the molecule is CCCC(=O)OCCC(COP(=O)(O)O)[N+](C)(C)C. The number of quaternary nitrogens is 1. The summed E-state index contributed by atoms with van der Waals surface area (Å²) in [5.74, 6) is -0.251. The van der Waals surface area contributed by atoms with E-state index in [0.717, 1.165) is 6.42 Å². The maximum Gasteiger partial charge on any atom is 0.469 e. The lowest BCUT2D eigenvalue weighted by molar-refractivity contribution is -0.896. The molecule has 0 bridgehead atoms. The van der Waals surface area contributed by atoms with Crippen molar-refractivity contribution < 1.29 is 32.9 Å². The highest BCUT2D eigenvalue weighted by Crippen LogP contribution is 2.36. The number of ether oxygens (including phenoxy) is 1. The van der Waals surface area contributed by atoms with Crippen LogP contribution in [0.1, 0.15) is 26.2 Å². The topological polar surface area (TPSA) is 93.1 Å². The van der Waals surface area contributed by atoms with Gasteiger partial charge in [0, 0.05) is 12.8 Å². The number of likely N-dealkylation sites (N-methyl/N-ethyl adjacent to an activating group) is 1. The van der Waals surface area contributed by atoms with Crippen LogP contribution in [0.15, 0.2) is 0 Å². The van der Waals surface area contributed by atoms with Crippen molar-refractivity contribution in [2.24, 2.45) is 0 Å². The van der Waals surface area contributed by atoms with Crippen LogP contribution in [0.5, 0.6) is 0 Å². The molecule has 0 saturated heterocycles. The van der Waals surface area contributed by atoms with Gasteiger partial charge in [-0.05, 0) is 6.42 Å². The summed E-state index contributed by atoms with van der Waals surface area (Å²) in [5, 5.41) is 0. The number of hydrogen-bond acceptors (Lipinski definition) is 4. The Morgan fingerprint density at radius 3 is 2.32 bits per heavy atom. The van der Waals surface area contributed by atoms with Crippen LogP contribution in [0, 0.1) is 0 Å². The molecule has 0 radical (unpaired) electrons. The molecule has 8 heteroatoms. The molecule has 0 aromatic rings. The van der Waals surface area contributed by atoms with Crippen molar-refractivity contribution in [2.75, 3.05) is 34.4 Å². The smallest absolute Gasteiger partial charge is 0.465 e. The largest absolute Gasteiger partial charge is 0.469 e. The van der Waals surface area contributed by atoms with Crippen LogP contribution in [-0.2, 0) is 18.6 Å². The van der Waals surface area contributed by atoms with Crippen molar-refractivity contribution in [3.8, 4) is 0 Å². The fraction of sp³-hybridized carbons (Fsp3) is 0.909. The minimum absolute atomic E-state index is 0.0842. The minimum Gasteiger partial charge on any atom is -0.465 e. The van der Waals surface area contributed by atoms with Crippen molar-refractivity contribution in [1.29, 1.82) is 0 Å². The number of phosphoric acid groups is 1. The van der Waals surface area contributed by atoms with E-state index in [4.69, 9.17) is 14.5 Å². The van der Waals surface area contributed by atoms with Crippen LogP contribution in [-0.4, -0.2) is 60.6 Å². The van der Waals surface area contributed by atoms with Crippen LogP contribution in [0.3, 0.4) is 0 Å². The number of rotatable bonds is 9. The average molecular weight is 298 g/mol. The molecule has 7 nitrogen and oxygen atoms in total. The van der Waals surface area contributed by atoms with E-state index in [2.05, 4.69) is 4.52 Å². The molecule has 0 aromatic carbocycles. The highest BCUT2D eigenvalue weighted by atomic mass is 31.2. The molecule has 0 amide bonds. The van der Waals surface area contributed by atoms with E-state index in [-0.39, 0.29) is 25.2 Å². The third-order valence-corrected chi connectivity index (χ3v) is 3.18. The summed E-state index contributed by atoms with van der Waals surface area (Å²) in [7, 11) is 1.20. The summed E-state index contributed by atoms with van der Waals surface area (Å²) in [5.41, 5.74) is 0. The van der Waals surface area contributed by atoms with Crippen LogP contribution in [0.2, 0.25) is 0 Å². The van der Waals surface area contributed by atoms with Gasteiger partial charge in [0.1, 0.15) is 12.6 Å². The zero-order chi connectivity index (χ0) is 15.1. The summed E-state index contributed by atoms with van der Waals surface area (Å²) in [6.07, 6.45) is 1.60. The molecule has 0 aliphatic heterocycles. The molecule has 114 valence electrons. The van der Waals surface area contributed by atoms with Gasteiger partial charge in [-0.15, -0.1) is 0 Å². The minimum atomic E-state index is -4.47. The maximum atomic E-state index is 11.2. The fourth-order valence-corrected chi connectivity index (χ4v) is 1.83. The molecule has 0 fully saturated rings. The Morgan fingerprint density at radius 2 is 1.89 bits per heavy atom. The van der Waals surface area contributed by atoms with E-state index >= 15 is 0 Å². The molecular formula is C11H25NO6P+. The average Bonchev–Trinajstić information content (AvgIpc) is 2.20. The zero-order valence-corrected chi connectivity index (χ0v) is 12.9.